The van der Waals surface area contributed by atoms with E-state index < -0.39 is 34.9 Å². The average molecular weight is 431 g/mol. The molecule has 0 saturated carbocycles. The van der Waals surface area contributed by atoms with Crippen LogP contribution in [0.1, 0.15) is 34.7 Å². The lowest BCUT2D eigenvalue weighted by molar-refractivity contribution is -0.140. The van der Waals surface area contributed by atoms with Gasteiger partial charge in [0.1, 0.15) is 5.82 Å². The maximum absolute atomic E-state index is 14.2. The number of carbonyl (C=O) groups excluding carboxylic acids is 1. The van der Waals surface area contributed by atoms with Crippen molar-refractivity contribution in [3.63, 3.8) is 0 Å². The molecule has 0 amide bonds. The van der Waals surface area contributed by atoms with Crippen molar-refractivity contribution in [1.82, 2.24) is 24.8 Å². The standard InChI is InChI=1S/C20H16F3N5O3/c1-31-17(29)7-11(12-9-25-28-4-2-3-24-19(12)28)18-16(26-27-20(18)30)6-10-5-14(22)15(23)8-13(10)21/h2-5,8-9,11H,6-7H2,1H3,(H2,26,27,30)/t11-/m1/s1. The number of H-pyrrole nitrogens is 2. The number of esters is 1. The molecule has 0 aliphatic rings. The van der Waals surface area contributed by atoms with Gasteiger partial charge in [-0.15, -0.1) is 0 Å². The molecule has 31 heavy (non-hydrogen) atoms. The summed E-state index contributed by atoms with van der Waals surface area (Å²) >= 11 is 0. The van der Waals surface area contributed by atoms with E-state index in [9.17, 15) is 22.8 Å². The van der Waals surface area contributed by atoms with Gasteiger partial charge in [-0.05, 0) is 17.7 Å². The van der Waals surface area contributed by atoms with Crippen LogP contribution in [0.25, 0.3) is 5.65 Å². The number of nitrogens with one attached hydrogen (secondary N) is 2. The number of carbonyl (C=O) groups is 1. The van der Waals surface area contributed by atoms with Crippen molar-refractivity contribution in [2.75, 3.05) is 7.11 Å². The van der Waals surface area contributed by atoms with Gasteiger partial charge in [-0.1, -0.05) is 0 Å². The van der Waals surface area contributed by atoms with Gasteiger partial charge in [0.05, 0.1) is 19.7 Å². The summed E-state index contributed by atoms with van der Waals surface area (Å²) in [4.78, 5) is 29.0. The number of ether oxygens (including phenoxy) is 1. The van der Waals surface area contributed by atoms with Crippen LogP contribution in [-0.4, -0.2) is 37.9 Å². The maximum atomic E-state index is 14.2. The highest BCUT2D eigenvalue weighted by atomic mass is 19.2. The van der Waals surface area contributed by atoms with Crippen LogP contribution in [0.4, 0.5) is 13.2 Å². The minimum Gasteiger partial charge on any atom is -0.469 e. The van der Waals surface area contributed by atoms with E-state index in [1.54, 1.807) is 12.3 Å². The third-order valence-electron chi connectivity index (χ3n) is 4.98. The highest BCUT2D eigenvalue weighted by molar-refractivity contribution is 5.72. The fourth-order valence-corrected chi connectivity index (χ4v) is 3.51. The molecular weight excluding hydrogens is 415 g/mol. The minimum absolute atomic E-state index is 0.120. The molecule has 0 aliphatic heterocycles. The number of fused-ring (bicyclic) bond motifs is 1. The number of methoxy groups -OCH3 is 1. The molecule has 4 rings (SSSR count). The lowest BCUT2D eigenvalue weighted by Crippen LogP contribution is -2.18. The number of nitrogens with zero attached hydrogens (tertiary/aromatic N) is 3. The number of benzene rings is 1. The maximum Gasteiger partial charge on any atom is 0.306 e. The van der Waals surface area contributed by atoms with Crippen molar-refractivity contribution < 1.29 is 22.7 Å². The van der Waals surface area contributed by atoms with E-state index in [1.165, 1.54) is 24.0 Å². The topological polar surface area (TPSA) is 105 Å². The zero-order chi connectivity index (χ0) is 22.1. The second-order valence-electron chi connectivity index (χ2n) is 6.83. The molecule has 1 atom stereocenters. The zero-order valence-electron chi connectivity index (χ0n) is 16.2. The Morgan fingerprint density at radius 3 is 2.74 bits per heavy atom. The largest absolute Gasteiger partial charge is 0.469 e. The third-order valence-corrected chi connectivity index (χ3v) is 4.98. The van der Waals surface area contributed by atoms with Crippen LogP contribution in [0.2, 0.25) is 0 Å². The van der Waals surface area contributed by atoms with Gasteiger partial charge >= 0.3 is 5.97 Å². The van der Waals surface area contributed by atoms with E-state index in [0.717, 1.165) is 6.07 Å². The van der Waals surface area contributed by atoms with Gasteiger partial charge < -0.3 is 9.84 Å². The molecule has 3 heterocycles. The molecule has 8 nitrogen and oxygen atoms in total. The van der Waals surface area contributed by atoms with Gasteiger partial charge in [0.25, 0.3) is 5.56 Å². The second kappa shape index (κ2) is 8.09. The predicted octanol–water partition coefficient (Wildman–Crippen LogP) is 2.45. The predicted molar refractivity (Wildman–Crippen MR) is 102 cm³/mol. The molecule has 3 aromatic heterocycles. The van der Waals surface area contributed by atoms with E-state index in [0.29, 0.717) is 17.3 Å². The Morgan fingerprint density at radius 2 is 1.97 bits per heavy atom. The van der Waals surface area contributed by atoms with Crippen molar-refractivity contribution in [1.29, 1.82) is 0 Å². The normalized spacial score (nSPS) is 12.3. The number of halogens is 3. The highest BCUT2D eigenvalue weighted by Gasteiger charge is 2.29. The monoisotopic (exact) mass is 431 g/mol. The van der Waals surface area contributed by atoms with Gasteiger partial charge in [-0.3, -0.25) is 14.7 Å². The molecule has 2 N–H and O–H groups in total. The molecule has 0 fully saturated rings. The Kier molecular flexibility index (Phi) is 5.32. The van der Waals surface area contributed by atoms with Crippen LogP contribution in [-0.2, 0) is 16.0 Å². The second-order valence-corrected chi connectivity index (χ2v) is 6.83. The molecule has 0 saturated heterocycles. The Balaban J connectivity index is 1.83. The fourth-order valence-electron chi connectivity index (χ4n) is 3.51. The van der Waals surface area contributed by atoms with E-state index in [4.69, 9.17) is 4.74 Å². The zero-order valence-corrected chi connectivity index (χ0v) is 16.2. The minimum atomic E-state index is -1.31. The summed E-state index contributed by atoms with van der Waals surface area (Å²) in [5.74, 6) is -4.92. The summed E-state index contributed by atoms with van der Waals surface area (Å²) in [6.45, 7) is 0. The van der Waals surface area contributed by atoms with E-state index in [1.807, 2.05) is 0 Å². The molecule has 0 radical (unpaired) electrons. The summed E-state index contributed by atoms with van der Waals surface area (Å²) in [7, 11) is 1.21. The van der Waals surface area contributed by atoms with Gasteiger partial charge in [-0.2, -0.15) is 5.10 Å². The summed E-state index contributed by atoms with van der Waals surface area (Å²) in [6, 6.07) is 2.83. The van der Waals surface area contributed by atoms with Crippen molar-refractivity contribution in [3.8, 4) is 0 Å². The molecule has 0 aliphatic carbocycles. The number of aromatic amines is 2. The van der Waals surface area contributed by atoms with Crippen molar-refractivity contribution in [2.24, 2.45) is 0 Å². The summed E-state index contributed by atoms with van der Waals surface area (Å²) in [5.41, 5.74) is 0.506. The quantitative estimate of drug-likeness (QED) is 0.360. The van der Waals surface area contributed by atoms with Crippen molar-refractivity contribution in [2.45, 2.75) is 18.8 Å². The first-order chi connectivity index (χ1) is 14.9. The Morgan fingerprint density at radius 1 is 1.19 bits per heavy atom. The molecule has 4 aromatic rings. The van der Waals surface area contributed by atoms with Crippen molar-refractivity contribution >= 4 is 11.6 Å². The summed E-state index contributed by atoms with van der Waals surface area (Å²) in [5, 5.41) is 9.25. The van der Waals surface area contributed by atoms with Gasteiger partial charge in [0.15, 0.2) is 17.3 Å². The number of aromatic nitrogens is 5. The molecule has 1 aromatic carbocycles. The van der Waals surface area contributed by atoms with Crippen LogP contribution < -0.4 is 5.56 Å². The van der Waals surface area contributed by atoms with Crippen LogP contribution in [0, 0.1) is 17.5 Å². The van der Waals surface area contributed by atoms with Crippen LogP contribution >= 0.6 is 0 Å². The van der Waals surface area contributed by atoms with Gasteiger partial charge in [-0.25, -0.2) is 22.7 Å². The Bertz CT molecular complexity index is 1330. The Labute approximate surface area is 172 Å². The lowest BCUT2D eigenvalue weighted by Gasteiger charge is -2.15. The lowest BCUT2D eigenvalue weighted by atomic mass is 9.88. The van der Waals surface area contributed by atoms with E-state index in [2.05, 4.69) is 20.3 Å². The first kappa shape index (κ1) is 20.4. The molecule has 0 spiro atoms. The molecule has 0 unspecified atom stereocenters. The number of hydrogen-bond acceptors (Lipinski definition) is 5. The molecular formula is C20H16F3N5O3. The fraction of sp³-hybridized carbons (Fsp3) is 0.200. The molecule has 160 valence electrons. The van der Waals surface area contributed by atoms with E-state index >= 15 is 0 Å². The van der Waals surface area contributed by atoms with Crippen molar-refractivity contribution in [3.05, 3.63) is 87.0 Å². The van der Waals surface area contributed by atoms with Crippen LogP contribution in [0.5, 0.6) is 0 Å². The smallest absolute Gasteiger partial charge is 0.306 e. The van der Waals surface area contributed by atoms with Gasteiger partial charge in [0, 0.05) is 47.6 Å². The van der Waals surface area contributed by atoms with E-state index in [-0.39, 0.29) is 29.7 Å². The number of hydrogen-bond donors (Lipinski definition) is 2. The SMILES string of the molecule is COC(=O)C[C@@H](c1c(Cc2cc(F)c(F)cc2F)[nH][nH]c1=O)c1cnn2cccnc12. The highest BCUT2D eigenvalue weighted by Crippen LogP contribution is 2.31. The van der Waals surface area contributed by atoms with Crippen LogP contribution in [0.3, 0.4) is 0 Å². The van der Waals surface area contributed by atoms with Gasteiger partial charge in [0.2, 0.25) is 0 Å². The Hall–Kier alpha value is -3.89. The summed E-state index contributed by atoms with van der Waals surface area (Å²) < 4.78 is 47.4. The number of rotatable bonds is 6. The van der Waals surface area contributed by atoms with Crippen LogP contribution in [0.15, 0.2) is 41.6 Å². The molecule has 11 heteroatoms. The average Bonchev–Trinajstić information content (AvgIpc) is 3.34. The summed E-state index contributed by atoms with van der Waals surface area (Å²) in [6.07, 6.45) is 4.20. The first-order valence-corrected chi connectivity index (χ1v) is 9.17. The first-order valence-electron chi connectivity index (χ1n) is 9.17. The third kappa shape index (κ3) is 3.81. The molecule has 0 bridgehead atoms.